The molecule has 110 valence electrons. The van der Waals surface area contributed by atoms with Crippen molar-refractivity contribution in [3.8, 4) is 0 Å². The van der Waals surface area contributed by atoms with E-state index in [1.54, 1.807) is 0 Å². The monoisotopic (exact) mass is 308 g/mol. The fourth-order valence-electron chi connectivity index (χ4n) is 2.22. The van der Waals surface area contributed by atoms with Gasteiger partial charge >= 0.3 is 0 Å². The normalized spacial score (nSPS) is 18.0. The molecule has 3 nitrogen and oxygen atoms in total. The Kier molecular flexibility index (Phi) is 4.11. The number of hydrogen-bond acceptors (Lipinski definition) is 3. The molecule has 0 unspecified atom stereocenters. The van der Waals surface area contributed by atoms with Crippen LogP contribution in [-0.4, -0.2) is 11.1 Å². The van der Waals surface area contributed by atoms with Crippen molar-refractivity contribution < 1.29 is 4.79 Å². The molecule has 1 aliphatic heterocycles. The van der Waals surface area contributed by atoms with E-state index in [-0.39, 0.29) is 5.91 Å². The maximum Gasteiger partial charge on any atom is 0.264 e. The summed E-state index contributed by atoms with van der Waals surface area (Å²) in [6.45, 7) is 4.07. The minimum absolute atomic E-state index is 0.0997. The van der Waals surface area contributed by atoms with Gasteiger partial charge < -0.3 is 5.32 Å². The molecule has 1 heterocycles. The first kappa shape index (κ1) is 14.6. The summed E-state index contributed by atoms with van der Waals surface area (Å²) in [6, 6.07) is 15.9. The van der Waals surface area contributed by atoms with Crippen LogP contribution in [0.3, 0.4) is 0 Å². The third-order valence-electron chi connectivity index (χ3n) is 3.32. The highest BCUT2D eigenvalue weighted by atomic mass is 32.2. The van der Waals surface area contributed by atoms with Gasteiger partial charge in [0.1, 0.15) is 0 Å². The zero-order valence-electron chi connectivity index (χ0n) is 12.5. The van der Waals surface area contributed by atoms with Gasteiger partial charge in [-0.15, -0.1) is 0 Å². The lowest BCUT2D eigenvalue weighted by molar-refractivity contribution is -0.115. The zero-order chi connectivity index (χ0) is 15.5. The number of amides is 1. The lowest BCUT2D eigenvalue weighted by atomic mass is 10.1. The van der Waals surface area contributed by atoms with E-state index in [1.807, 2.05) is 55.5 Å². The van der Waals surface area contributed by atoms with E-state index in [9.17, 15) is 4.79 Å². The van der Waals surface area contributed by atoms with Gasteiger partial charge in [-0.1, -0.05) is 48.0 Å². The molecule has 0 aliphatic carbocycles. The summed E-state index contributed by atoms with van der Waals surface area (Å²) in [7, 11) is 0. The number of carbonyl (C=O) groups is 1. The molecule has 4 heteroatoms. The lowest BCUT2D eigenvalue weighted by Crippen LogP contribution is -2.19. The quantitative estimate of drug-likeness (QED) is 0.845. The largest absolute Gasteiger partial charge is 0.300 e. The van der Waals surface area contributed by atoms with E-state index < -0.39 is 0 Å². The number of nitrogens with one attached hydrogen (secondary N) is 1. The van der Waals surface area contributed by atoms with Crippen LogP contribution in [0.15, 0.2) is 58.4 Å². The summed E-state index contributed by atoms with van der Waals surface area (Å²) in [6.07, 6.45) is 1.88. The molecule has 2 aromatic carbocycles. The van der Waals surface area contributed by atoms with Gasteiger partial charge in [0.2, 0.25) is 0 Å². The van der Waals surface area contributed by atoms with Crippen molar-refractivity contribution in [2.24, 2.45) is 4.99 Å². The lowest BCUT2D eigenvalue weighted by Gasteiger charge is -2.02. The molecule has 22 heavy (non-hydrogen) atoms. The van der Waals surface area contributed by atoms with Crippen LogP contribution in [0.1, 0.15) is 16.7 Å². The van der Waals surface area contributed by atoms with Crippen molar-refractivity contribution in [2.45, 2.75) is 13.8 Å². The second kappa shape index (κ2) is 6.20. The Hall–Kier alpha value is -2.33. The molecule has 1 N–H and O–H groups in total. The predicted molar refractivity (Wildman–Crippen MR) is 93.2 cm³/mol. The molecule has 2 aromatic rings. The minimum atomic E-state index is -0.0997. The Bertz CT molecular complexity index is 779. The van der Waals surface area contributed by atoms with Crippen LogP contribution in [0.5, 0.6) is 0 Å². The SMILES string of the molecule is Cc1ccc(N=C2NC(=O)C(=Cc3ccccc3)S2)c(C)c1. The van der Waals surface area contributed by atoms with Crippen LogP contribution in [-0.2, 0) is 4.79 Å². The van der Waals surface area contributed by atoms with Crippen molar-refractivity contribution in [1.82, 2.24) is 5.32 Å². The number of benzene rings is 2. The first-order valence-electron chi connectivity index (χ1n) is 7.04. The summed E-state index contributed by atoms with van der Waals surface area (Å²) in [5.41, 5.74) is 4.19. The number of carbonyl (C=O) groups excluding carboxylic acids is 1. The van der Waals surface area contributed by atoms with E-state index >= 15 is 0 Å². The number of hydrogen-bond donors (Lipinski definition) is 1. The van der Waals surface area contributed by atoms with E-state index in [0.29, 0.717) is 10.1 Å². The van der Waals surface area contributed by atoms with Crippen LogP contribution in [0.2, 0.25) is 0 Å². The molecule has 0 aromatic heterocycles. The van der Waals surface area contributed by atoms with Gasteiger partial charge in [-0.25, -0.2) is 4.99 Å². The van der Waals surface area contributed by atoms with E-state index in [4.69, 9.17) is 0 Å². The third-order valence-corrected chi connectivity index (χ3v) is 4.23. The Balaban J connectivity index is 1.85. The molecular weight excluding hydrogens is 292 g/mol. The number of amidine groups is 1. The summed E-state index contributed by atoms with van der Waals surface area (Å²) in [5, 5.41) is 3.44. The Labute approximate surface area is 134 Å². The number of nitrogens with zero attached hydrogens (tertiary/aromatic N) is 1. The van der Waals surface area contributed by atoms with Gasteiger partial charge in [0.15, 0.2) is 5.17 Å². The molecule has 0 saturated carbocycles. The molecule has 1 aliphatic rings. The Morgan fingerprint density at radius 3 is 2.59 bits per heavy atom. The molecule has 0 spiro atoms. The molecule has 0 atom stereocenters. The topological polar surface area (TPSA) is 41.5 Å². The number of rotatable bonds is 2. The van der Waals surface area contributed by atoms with Crippen LogP contribution in [0.4, 0.5) is 5.69 Å². The summed E-state index contributed by atoms with van der Waals surface area (Å²) in [4.78, 5) is 17.2. The second-order valence-corrected chi connectivity index (χ2v) is 6.21. The minimum Gasteiger partial charge on any atom is -0.300 e. The highest BCUT2D eigenvalue weighted by molar-refractivity contribution is 8.18. The van der Waals surface area contributed by atoms with Crippen molar-refractivity contribution >= 4 is 34.6 Å². The Morgan fingerprint density at radius 2 is 1.86 bits per heavy atom. The van der Waals surface area contributed by atoms with Crippen LogP contribution >= 0.6 is 11.8 Å². The number of aliphatic imine (C=N–C) groups is 1. The molecule has 0 radical (unpaired) electrons. The highest BCUT2D eigenvalue weighted by Gasteiger charge is 2.23. The van der Waals surface area contributed by atoms with E-state index in [1.165, 1.54) is 17.3 Å². The maximum atomic E-state index is 12.0. The number of aryl methyl sites for hydroxylation is 2. The van der Waals surface area contributed by atoms with Gasteiger partial charge in [-0.2, -0.15) is 0 Å². The van der Waals surface area contributed by atoms with Gasteiger partial charge in [-0.3, -0.25) is 4.79 Å². The molecule has 1 saturated heterocycles. The van der Waals surface area contributed by atoms with Gasteiger partial charge in [0.25, 0.3) is 5.91 Å². The van der Waals surface area contributed by atoms with Crippen LogP contribution in [0, 0.1) is 13.8 Å². The summed E-state index contributed by atoms with van der Waals surface area (Å²) >= 11 is 1.37. The van der Waals surface area contributed by atoms with Crippen molar-refractivity contribution in [3.63, 3.8) is 0 Å². The predicted octanol–water partition coefficient (Wildman–Crippen LogP) is 4.20. The van der Waals surface area contributed by atoms with Gasteiger partial charge in [0, 0.05) is 0 Å². The second-order valence-electron chi connectivity index (χ2n) is 5.18. The summed E-state index contributed by atoms with van der Waals surface area (Å²) in [5.74, 6) is -0.0997. The van der Waals surface area contributed by atoms with Gasteiger partial charge in [-0.05, 0) is 48.9 Å². The standard InChI is InChI=1S/C18H16N2OS/c1-12-8-9-15(13(2)10-12)19-18-20-17(21)16(22-18)11-14-6-4-3-5-7-14/h3-11H,1-2H3,(H,19,20,21). The first-order chi connectivity index (χ1) is 10.6. The molecule has 0 bridgehead atoms. The summed E-state index contributed by atoms with van der Waals surface area (Å²) < 4.78 is 0. The average Bonchev–Trinajstić information content (AvgIpc) is 2.83. The first-order valence-corrected chi connectivity index (χ1v) is 7.85. The Morgan fingerprint density at radius 1 is 1.09 bits per heavy atom. The van der Waals surface area contributed by atoms with Crippen molar-refractivity contribution in [3.05, 3.63) is 70.1 Å². The molecule has 1 amide bonds. The van der Waals surface area contributed by atoms with Gasteiger partial charge in [0.05, 0.1) is 10.6 Å². The molecular formula is C18H16N2OS. The zero-order valence-corrected chi connectivity index (χ0v) is 13.3. The smallest absolute Gasteiger partial charge is 0.264 e. The average molecular weight is 308 g/mol. The molecule has 3 rings (SSSR count). The molecule has 1 fully saturated rings. The maximum absolute atomic E-state index is 12.0. The van der Waals surface area contributed by atoms with Crippen molar-refractivity contribution in [2.75, 3.05) is 0 Å². The third kappa shape index (κ3) is 3.28. The number of thioether (sulfide) groups is 1. The fraction of sp³-hybridized carbons (Fsp3) is 0.111. The van der Waals surface area contributed by atoms with Crippen LogP contribution in [0.25, 0.3) is 6.08 Å². The van der Waals surface area contributed by atoms with Crippen molar-refractivity contribution in [1.29, 1.82) is 0 Å². The highest BCUT2D eigenvalue weighted by Crippen LogP contribution is 2.29. The fourth-order valence-corrected chi connectivity index (χ4v) is 3.06. The van der Waals surface area contributed by atoms with E-state index in [0.717, 1.165) is 16.8 Å². The van der Waals surface area contributed by atoms with E-state index in [2.05, 4.69) is 23.3 Å². The van der Waals surface area contributed by atoms with Crippen LogP contribution < -0.4 is 5.32 Å².